The predicted molar refractivity (Wildman–Crippen MR) is 79.6 cm³/mol. The molecule has 1 saturated heterocycles. The summed E-state index contributed by atoms with van der Waals surface area (Å²) >= 11 is 0. The van der Waals surface area contributed by atoms with Crippen LogP contribution in [0.15, 0.2) is 24.3 Å². The van der Waals surface area contributed by atoms with Gasteiger partial charge in [0.1, 0.15) is 0 Å². The lowest BCUT2D eigenvalue weighted by atomic mass is 10.2. The number of likely N-dealkylation sites (N-methyl/N-ethyl adjacent to an activating group) is 1. The Morgan fingerprint density at radius 1 is 1.21 bits per heavy atom. The van der Waals surface area contributed by atoms with Gasteiger partial charge in [-0.15, -0.1) is 0 Å². The van der Waals surface area contributed by atoms with Crippen LogP contribution in [0.2, 0.25) is 0 Å². The first-order valence-corrected chi connectivity index (χ1v) is 7.00. The molecule has 1 fully saturated rings. The van der Waals surface area contributed by atoms with Crippen molar-refractivity contribution >= 4 is 5.69 Å². The number of methoxy groups -OCH3 is 1. The molecule has 1 aliphatic rings. The quantitative estimate of drug-likeness (QED) is 0.841. The number of nitrogens with zero attached hydrogens (tertiary/aromatic N) is 2. The first-order chi connectivity index (χ1) is 9.28. The second kappa shape index (κ2) is 7.48. The van der Waals surface area contributed by atoms with Gasteiger partial charge in [-0.2, -0.15) is 0 Å². The number of anilines is 1. The van der Waals surface area contributed by atoms with Crippen molar-refractivity contribution in [2.75, 3.05) is 58.7 Å². The Labute approximate surface area is 116 Å². The Bertz CT molecular complexity index is 375. The maximum Gasteiger partial charge on any atom is 0.0713 e. The summed E-state index contributed by atoms with van der Waals surface area (Å²) in [5.41, 5.74) is 2.40. The van der Waals surface area contributed by atoms with Gasteiger partial charge in [0.25, 0.3) is 0 Å². The van der Waals surface area contributed by atoms with Crippen LogP contribution >= 0.6 is 0 Å². The molecule has 0 radical (unpaired) electrons. The molecule has 1 heterocycles. The predicted octanol–water partition coefficient (Wildman–Crippen LogP) is 1.49. The third-order valence-corrected chi connectivity index (χ3v) is 3.59. The molecular weight excluding hydrogens is 238 g/mol. The molecule has 0 bridgehead atoms. The average Bonchev–Trinajstić information content (AvgIpc) is 2.42. The minimum absolute atomic E-state index is 0.675. The van der Waals surface area contributed by atoms with E-state index in [1.54, 1.807) is 7.11 Å². The van der Waals surface area contributed by atoms with Gasteiger partial charge < -0.3 is 15.0 Å². The van der Waals surface area contributed by atoms with Crippen LogP contribution in [0.1, 0.15) is 5.56 Å². The number of piperazine rings is 1. The lowest BCUT2D eigenvalue weighted by molar-refractivity contribution is 0.158. The van der Waals surface area contributed by atoms with Gasteiger partial charge in [-0.05, 0) is 24.7 Å². The molecule has 0 saturated carbocycles. The fourth-order valence-electron chi connectivity index (χ4n) is 2.37. The molecule has 1 aromatic rings. The largest absolute Gasteiger partial charge is 0.384 e. The van der Waals surface area contributed by atoms with Crippen LogP contribution in [-0.2, 0) is 11.3 Å². The molecule has 0 atom stereocenters. The topological polar surface area (TPSA) is 27.7 Å². The molecule has 0 unspecified atom stereocenters. The van der Waals surface area contributed by atoms with Crippen molar-refractivity contribution in [1.29, 1.82) is 0 Å². The first-order valence-electron chi connectivity index (χ1n) is 7.00. The Morgan fingerprint density at radius 2 is 2.00 bits per heavy atom. The Hall–Kier alpha value is -1.10. The zero-order chi connectivity index (χ0) is 13.5. The third kappa shape index (κ3) is 4.82. The smallest absolute Gasteiger partial charge is 0.0713 e. The molecule has 0 aromatic heterocycles. The summed E-state index contributed by atoms with van der Waals surface area (Å²) in [6.07, 6.45) is 0. The number of nitrogens with one attached hydrogen (secondary N) is 1. The summed E-state index contributed by atoms with van der Waals surface area (Å²) in [6.45, 7) is 7.52. The third-order valence-electron chi connectivity index (χ3n) is 3.59. The van der Waals surface area contributed by atoms with E-state index in [4.69, 9.17) is 4.74 Å². The summed E-state index contributed by atoms with van der Waals surface area (Å²) in [6, 6.07) is 8.44. The molecule has 1 N–H and O–H groups in total. The van der Waals surface area contributed by atoms with Gasteiger partial charge in [0.05, 0.1) is 6.61 Å². The van der Waals surface area contributed by atoms with Crippen LogP contribution < -0.4 is 5.32 Å². The second-order valence-corrected chi connectivity index (χ2v) is 5.21. The van der Waals surface area contributed by atoms with Crippen molar-refractivity contribution in [3.63, 3.8) is 0 Å². The van der Waals surface area contributed by atoms with Gasteiger partial charge in [0, 0.05) is 52.1 Å². The molecule has 1 aromatic carbocycles. The van der Waals surface area contributed by atoms with Crippen LogP contribution in [0.5, 0.6) is 0 Å². The van der Waals surface area contributed by atoms with Crippen molar-refractivity contribution in [3.05, 3.63) is 29.8 Å². The summed E-state index contributed by atoms with van der Waals surface area (Å²) in [5, 5.41) is 3.49. The van der Waals surface area contributed by atoms with Crippen LogP contribution in [0, 0.1) is 0 Å². The lowest BCUT2D eigenvalue weighted by Gasteiger charge is -2.32. The lowest BCUT2D eigenvalue weighted by Crippen LogP contribution is -2.45. The highest BCUT2D eigenvalue weighted by molar-refractivity contribution is 5.45. The van der Waals surface area contributed by atoms with Crippen molar-refractivity contribution in [1.82, 2.24) is 9.80 Å². The monoisotopic (exact) mass is 263 g/mol. The van der Waals surface area contributed by atoms with Crippen molar-refractivity contribution in [3.8, 4) is 0 Å². The molecule has 4 heteroatoms. The van der Waals surface area contributed by atoms with Crippen LogP contribution in [-0.4, -0.2) is 63.2 Å². The van der Waals surface area contributed by atoms with E-state index < -0.39 is 0 Å². The molecule has 1 aliphatic heterocycles. The van der Waals surface area contributed by atoms with Gasteiger partial charge in [0.2, 0.25) is 0 Å². The summed E-state index contributed by atoms with van der Waals surface area (Å²) in [4.78, 5) is 4.91. The number of rotatable bonds is 6. The molecule has 0 aliphatic carbocycles. The van der Waals surface area contributed by atoms with Crippen LogP contribution in [0.25, 0.3) is 0 Å². The SMILES string of the molecule is COCc1cccc(NCCN2CCN(C)CC2)c1. The highest BCUT2D eigenvalue weighted by atomic mass is 16.5. The molecule has 0 amide bonds. The van der Waals surface area contributed by atoms with E-state index in [2.05, 4.69) is 46.4 Å². The standard InChI is InChI=1S/C15H25N3O/c1-17-8-10-18(11-9-17)7-6-16-15-5-3-4-14(12-15)13-19-2/h3-5,12,16H,6-11,13H2,1-2H3. The van der Waals surface area contributed by atoms with Gasteiger partial charge in [-0.3, -0.25) is 4.90 Å². The maximum atomic E-state index is 5.15. The van der Waals surface area contributed by atoms with E-state index in [-0.39, 0.29) is 0 Å². The molecule has 106 valence electrons. The maximum absolute atomic E-state index is 5.15. The second-order valence-electron chi connectivity index (χ2n) is 5.21. The number of hydrogen-bond acceptors (Lipinski definition) is 4. The van der Waals surface area contributed by atoms with Gasteiger partial charge in [-0.1, -0.05) is 12.1 Å². The minimum atomic E-state index is 0.675. The Balaban J connectivity index is 1.71. The highest BCUT2D eigenvalue weighted by Crippen LogP contribution is 2.11. The molecule has 2 rings (SSSR count). The normalized spacial score (nSPS) is 17.6. The van der Waals surface area contributed by atoms with E-state index >= 15 is 0 Å². The van der Waals surface area contributed by atoms with Crippen molar-refractivity contribution in [2.45, 2.75) is 6.61 Å². The van der Waals surface area contributed by atoms with E-state index in [0.29, 0.717) is 6.61 Å². The fourth-order valence-corrected chi connectivity index (χ4v) is 2.37. The molecular formula is C15H25N3O. The van der Waals surface area contributed by atoms with E-state index in [1.807, 2.05) is 0 Å². The summed E-state index contributed by atoms with van der Waals surface area (Å²) in [7, 11) is 3.92. The molecule has 19 heavy (non-hydrogen) atoms. The number of ether oxygens (including phenoxy) is 1. The highest BCUT2D eigenvalue weighted by Gasteiger charge is 2.12. The minimum Gasteiger partial charge on any atom is -0.384 e. The van der Waals surface area contributed by atoms with E-state index in [1.165, 1.54) is 37.4 Å². The van der Waals surface area contributed by atoms with Gasteiger partial charge >= 0.3 is 0 Å². The Morgan fingerprint density at radius 3 is 2.74 bits per heavy atom. The van der Waals surface area contributed by atoms with Crippen molar-refractivity contribution in [2.24, 2.45) is 0 Å². The molecule has 4 nitrogen and oxygen atoms in total. The average molecular weight is 263 g/mol. The zero-order valence-electron chi connectivity index (χ0n) is 12.1. The summed E-state index contributed by atoms with van der Waals surface area (Å²) in [5.74, 6) is 0. The fraction of sp³-hybridized carbons (Fsp3) is 0.600. The van der Waals surface area contributed by atoms with E-state index in [9.17, 15) is 0 Å². The van der Waals surface area contributed by atoms with Crippen LogP contribution in [0.4, 0.5) is 5.69 Å². The molecule has 0 spiro atoms. The Kier molecular flexibility index (Phi) is 5.63. The van der Waals surface area contributed by atoms with Crippen molar-refractivity contribution < 1.29 is 4.74 Å². The number of hydrogen-bond donors (Lipinski definition) is 1. The first kappa shape index (κ1) is 14.3. The van der Waals surface area contributed by atoms with E-state index in [0.717, 1.165) is 13.1 Å². The number of benzene rings is 1. The van der Waals surface area contributed by atoms with Crippen LogP contribution in [0.3, 0.4) is 0 Å². The zero-order valence-corrected chi connectivity index (χ0v) is 12.1. The van der Waals surface area contributed by atoms with Gasteiger partial charge in [0.15, 0.2) is 0 Å². The van der Waals surface area contributed by atoms with Gasteiger partial charge in [-0.25, -0.2) is 0 Å². The summed E-state index contributed by atoms with van der Waals surface area (Å²) < 4.78 is 5.15.